The third-order valence-corrected chi connectivity index (χ3v) is 4.51. The van der Waals surface area contributed by atoms with Crippen molar-refractivity contribution in [3.63, 3.8) is 0 Å². The molecule has 0 radical (unpaired) electrons. The van der Waals surface area contributed by atoms with Gasteiger partial charge in [0.15, 0.2) is 0 Å². The highest BCUT2D eigenvalue weighted by Gasteiger charge is 2.22. The first-order chi connectivity index (χ1) is 10.6. The predicted molar refractivity (Wildman–Crippen MR) is 90.6 cm³/mol. The summed E-state index contributed by atoms with van der Waals surface area (Å²) >= 11 is 0. The first-order valence-electron chi connectivity index (χ1n) is 7.40. The highest BCUT2D eigenvalue weighted by atomic mass is 32.2. The Morgan fingerprint density at radius 2 is 1.52 bits per heavy atom. The van der Waals surface area contributed by atoms with E-state index < -0.39 is 15.7 Å². The fraction of sp³-hybridized carbons (Fsp3) is 0.333. The van der Waals surface area contributed by atoms with Crippen molar-refractivity contribution in [3.05, 3.63) is 59.2 Å². The molecule has 0 atom stereocenters. The molecule has 2 aromatic carbocycles. The summed E-state index contributed by atoms with van der Waals surface area (Å²) in [6.45, 7) is 8.02. The molecule has 5 heteroatoms. The van der Waals surface area contributed by atoms with Crippen molar-refractivity contribution in [2.24, 2.45) is 0 Å². The molecule has 0 saturated heterocycles. The molecule has 0 fully saturated rings. The van der Waals surface area contributed by atoms with Gasteiger partial charge < -0.3 is 4.74 Å². The summed E-state index contributed by atoms with van der Waals surface area (Å²) in [5.41, 5.74) is 2.66. The third-order valence-electron chi connectivity index (χ3n) is 3.64. The summed E-state index contributed by atoms with van der Waals surface area (Å²) in [4.78, 5) is -0.102. The Balaban J connectivity index is 2.18. The number of benzene rings is 2. The van der Waals surface area contributed by atoms with E-state index in [0.29, 0.717) is 6.42 Å². The molecular weight excluding hydrogens is 312 g/mol. The van der Waals surface area contributed by atoms with Crippen LogP contribution in [0.15, 0.2) is 47.4 Å². The van der Waals surface area contributed by atoms with E-state index in [-0.39, 0.29) is 4.90 Å². The van der Waals surface area contributed by atoms with Crippen LogP contribution >= 0.6 is 0 Å². The minimum atomic E-state index is -4.15. The van der Waals surface area contributed by atoms with Crippen molar-refractivity contribution in [2.45, 2.75) is 44.6 Å². The van der Waals surface area contributed by atoms with Gasteiger partial charge in [-0.25, -0.2) is 0 Å². The highest BCUT2D eigenvalue weighted by Crippen LogP contribution is 2.28. The van der Waals surface area contributed by atoms with Crippen LogP contribution in [0.3, 0.4) is 0 Å². The molecule has 0 spiro atoms. The van der Waals surface area contributed by atoms with Crippen LogP contribution in [0.4, 0.5) is 0 Å². The van der Waals surface area contributed by atoms with E-state index in [1.807, 2.05) is 45.9 Å². The van der Waals surface area contributed by atoms with E-state index in [2.05, 4.69) is 0 Å². The lowest BCUT2D eigenvalue weighted by Gasteiger charge is -2.28. The lowest BCUT2D eigenvalue weighted by atomic mass is 9.98. The Morgan fingerprint density at radius 1 is 1.00 bits per heavy atom. The minimum absolute atomic E-state index is 0.102. The van der Waals surface area contributed by atoms with Crippen molar-refractivity contribution in [1.29, 1.82) is 0 Å². The van der Waals surface area contributed by atoms with Crippen LogP contribution in [0.2, 0.25) is 0 Å². The normalized spacial score (nSPS) is 12.2. The molecule has 0 aliphatic carbocycles. The average Bonchev–Trinajstić information content (AvgIpc) is 2.42. The maximum absolute atomic E-state index is 11.1. The quantitative estimate of drug-likeness (QED) is 0.841. The van der Waals surface area contributed by atoms with Crippen molar-refractivity contribution in [2.75, 3.05) is 0 Å². The molecule has 2 rings (SSSR count). The molecule has 0 aliphatic rings. The van der Waals surface area contributed by atoms with E-state index in [4.69, 9.17) is 9.29 Å². The molecule has 23 heavy (non-hydrogen) atoms. The molecular formula is C18H22O4S. The second-order valence-corrected chi connectivity index (χ2v) is 7.80. The van der Waals surface area contributed by atoms with Gasteiger partial charge in [-0.3, -0.25) is 4.55 Å². The molecule has 124 valence electrons. The van der Waals surface area contributed by atoms with Crippen molar-refractivity contribution in [1.82, 2.24) is 0 Å². The summed E-state index contributed by atoms with van der Waals surface area (Å²) in [5.74, 6) is 0.882. The van der Waals surface area contributed by atoms with Gasteiger partial charge in [-0.2, -0.15) is 8.42 Å². The number of rotatable bonds is 5. The van der Waals surface area contributed by atoms with Gasteiger partial charge in [0.25, 0.3) is 10.1 Å². The molecule has 0 amide bonds. The summed E-state index contributed by atoms with van der Waals surface area (Å²) in [6.07, 6.45) is 0.618. The van der Waals surface area contributed by atoms with Gasteiger partial charge in [-0.15, -0.1) is 0 Å². The third kappa shape index (κ3) is 4.56. The lowest BCUT2D eigenvalue weighted by Crippen LogP contribution is -2.31. The van der Waals surface area contributed by atoms with Gasteiger partial charge in [0, 0.05) is 6.42 Å². The molecule has 2 aromatic rings. The van der Waals surface area contributed by atoms with Gasteiger partial charge in [0.1, 0.15) is 11.4 Å². The largest absolute Gasteiger partial charge is 0.487 e. The van der Waals surface area contributed by atoms with Crippen LogP contribution < -0.4 is 4.74 Å². The Bertz CT molecular complexity index is 770. The number of para-hydroxylation sites is 1. The van der Waals surface area contributed by atoms with Gasteiger partial charge in [-0.1, -0.05) is 30.3 Å². The zero-order chi connectivity index (χ0) is 17.3. The lowest BCUT2D eigenvalue weighted by molar-refractivity contribution is 0.108. The second-order valence-electron chi connectivity index (χ2n) is 6.38. The van der Waals surface area contributed by atoms with Crippen molar-refractivity contribution < 1.29 is 17.7 Å². The van der Waals surface area contributed by atoms with Crippen LogP contribution in [-0.4, -0.2) is 18.6 Å². The standard InChI is InChI=1S/C18H22O4S/c1-13-6-5-7-14(2)17(13)22-18(3,4)12-15-8-10-16(11-9-15)23(19,20)21/h5-11H,12H2,1-4H3,(H,19,20,21). The first-order valence-corrected chi connectivity index (χ1v) is 8.84. The Morgan fingerprint density at radius 3 is 2.00 bits per heavy atom. The van der Waals surface area contributed by atoms with Crippen molar-refractivity contribution >= 4 is 10.1 Å². The zero-order valence-electron chi connectivity index (χ0n) is 13.8. The summed E-state index contributed by atoms with van der Waals surface area (Å²) in [6, 6.07) is 12.2. The van der Waals surface area contributed by atoms with E-state index >= 15 is 0 Å². The fourth-order valence-electron chi connectivity index (χ4n) is 2.54. The van der Waals surface area contributed by atoms with Crippen LogP contribution in [-0.2, 0) is 16.5 Å². The fourth-order valence-corrected chi connectivity index (χ4v) is 3.02. The molecule has 0 saturated carbocycles. The van der Waals surface area contributed by atoms with Crippen LogP contribution in [0.5, 0.6) is 5.75 Å². The van der Waals surface area contributed by atoms with E-state index in [0.717, 1.165) is 22.4 Å². The smallest absolute Gasteiger partial charge is 0.294 e. The zero-order valence-corrected chi connectivity index (χ0v) is 14.6. The van der Waals surface area contributed by atoms with Crippen molar-refractivity contribution in [3.8, 4) is 5.75 Å². The molecule has 0 aliphatic heterocycles. The van der Waals surface area contributed by atoms with Crippen LogP contribution in [0.1, 0.15) is 30.5 Å². The first kappa shape index (κ1) is 17.5. The van der Waals surface area contributed by atoms with Gasteiger partial charge in [-0.05, 0) is 56.5 Å². The summed E-state index contributed by atoms with van der Waals surface area (Å²) < 4.78 is 37.4. The number of hydrogen-bond acceptors (Lipinski definition) is 3. The van der Waals surface area contributed by atoms with E-state index in [1.54, 1.807) is 12.1 Å². The number of hydrogen-bond donors (Lipinski definition) is 1. The number of ether oxygens (including phenoxy) is 1. The Labute approximate surface area is 137 Å². The van der Waals surface area contributed by atoms with E-state index in [9.17, 15) is 8.42 Å². The average molecular weight is 334 g/mol. The predicted octanol–water partition coefficient (Wildman–Crippen LogP) is 3.95. The number of aryl methyl sites for hydroxylation is 2. The maximum Gasteiger partial charge on any atom is 0.294 e. The minimum Gasteiger partial charge on any atom is -0.487 e. The molecule has 1 N–H and O–H groups in total. The van der Waals surface area contributed by atoms with Gasteiger partial charge in [0.2, 0.25) is 0 Å². The molecule has 0 unspecified atom stereocenters. The SMILES string of the molecule is Cc1cccc(C)c1OC(C)(C)Cc1ccc(S(=O)(=O)O)cc1. The van der Waals surface area contributed by atoms with Crippen LogP contribution in [0.25, 0.3) is 0 Å². The maximum atomic E-state index is 11.1. The molecule has 0 heterocycles. The summed E-state index contributed by atoms with van der Waals surface area (Å²) in [5, 5.41) is 0. The second kappa shape index (κ2) is 6.34. The molecule has 0 bridgehead atoms. The molecule has 0 aromatic heterocycles. The Hall–Kier alpha value is -1.85. The monoisotopic (exact) mass is 334 g/mol. The van der Waals surface area contributed by atoms with E-state index in [1.165, 1.54) is 12.1 Å². The Kier molecular flexibility index (Phi) is 4.82. The highest BCUT2D eigenvalue weighted by molar-refractivity contribution is 7.85. The topological polar surface area (TPSA) is 63.6 Å². The van der Waals surface area contributed by atoms with Crippen LogP contribution in [0, 0.1) is 13.8 Å². The van der Waals surface area contributed by atoms with Gasteiger partial charge >= 0.3 is 0 Å². The summed E-state index contributed by atoms with van der Waals surface area (Å²) in [7, 11) is -4.15. The van der Waals surface area contributed by atoms with Gasteiger partial charge in [0.05, 0.1) is 4.90 Å². The molecule has 4 nitrogen and oxygen atoms in total.